The van der Waals surface area contributed by atoms with Crippen LogP contribution >= 0.6 is 0 Å². The molecule has 0 saturated carbocycles. The minimum atomic E-state index is -0.0346. The van der Waals surface area contributed by atoms with Crippen molar-refractivity contribution in [2.24, 2.45) is 0 Å². The Morgan fingerprint density at radius 3 is 2.35 bits per heavy atom. The number of hydrogen-bond donors (Lipinski definition) is 1. The van der Waals surface area contributed by atoms with Crippen molar-refractivity contribution < 1.29 is 9.59 Å². The number of carbonyl (C=O) groups is 2. The van der Waals surface area contributed by atoms with Gasteiger partial charge < -0.3 is 9.88 Å². The Bertz CT molecular complexity index is 830. The quantitative estimate of drug-likeness (QED) is 0.860. The van der Waals surface area contributed by atoms with Gasteiger partial charge in [-0.05, 0) is 31.9 Å². The van der Waals surface area contributed by atoms with E-state index >= 15 is 0 Å². The molecule has 0 atom stereocenters. The van der Waals surface area contributed by atoms with E-state index in [9.17, 15) is 9.59 Å². The number of hydrogen-bond acceptors (Lipinski definition) is 3. The molecule has 5 heteroatoms. The van der Waals surface area contributed by atoms with Crippen LogP contribution in [0.3, 0.4) is 0 Å². The summed E-state index contributed by atoms with van der Waals surface area (Å²) in [6.07, 6.45) is 0. The van der Waals surface area contributed by atoms with E-state index in [0.717, 1.165) is 30.9 Å². The maximum absolute atomic E-state index is 13.0. The Kier molecular flexibility index (Phi) is 5.28. The lowest BCUT2D eigenvalue weighted by Gasteiger charge is -2.35. The number of benzene rings is 1. The first-order valence-corrected chi connectivity index (χ1v) is 9.14. The van der Waals surface area contributed by atoms with Crippen molar-refractivity contribution in [1.82, 2.24) is 14.8 Å². The molecule has 1 aromatic heterocycles. The molecule has 1 saturated heterocycles. The second-order valence-electron chi connectivity index (χ2n) is 7.24. The summed E-state index contributed by atoms with van der Waals surface area (Å²) in [6, 6.07) is 8.57. The predicted octanol–water partition coefficient (Wildman–Crippen LogP) is 3.10. The van der Waals surface area contributed by atoms with Crippen LogP contribution in [0.1, 0.15) is 50.2 Å². The van der Waals surface area contributed by atoms with Crippen molar-refractivity contribution >= 4 is 11.7 Å². The molecule has 1 aliphatic heterocycles. The first kappa shape index (κ1) is 18.4. The molecule has 5 nitrogen and oxygen atoms in total. The SMILES string of the molecule is CC(=O)c1[nH]c(C)c(C(=O)N2CCN(Cc3cccc(C)c3)CC2)c1C. The zero-order valence-electron chi connectivity index (χ0n) is 16.1. The molecule has 2 aromatic rings. The summed E-state index contributed by atoms with van der Waals surface area (Å²) in [5, 5.41) is 0. The number of piperazine rings is 1. The number of rotatable bonds is 4. The zero-order chi connectivity index (χ0) is 18.8. The van der Waals surface area contributed by atoms with Gasteiger partial charge in [0.2, 0.25) is 0 Å². The van der Waals surface area contributed by atoms with Gasteiger partial charge in [-0.2, -0.15) is 0 Å². The second-order valence-corrected chi connectivity index (χ2v) is 7.24. The molecule has 1 aromatic carbocycles. The van der Waals surface area contributed by atoms with Crippen LogP contribution in [0.2, 0.25) is 0 Å². The molecular weight excluding hydrogens is 326 g/mol. The maximum atomic E-state index is 13.0. The van der Waals surface area contributed by atoms with Crippen LogP contribution < -0.4 is 0 Å². The minimum absolute atomic E-state index is 0.0268. The lowest BCUT2D eigenvalue weighted by atomic mass is 10.1. The molecule has 0 radical (unpaired) electrons. The molecule has 0 aliphatic carbocycles. The third-order valence-electron chi connectivity index (χ3n) is 5.15. The number of aromatic amines is 1. The molecule has 1 amide bonds. The van der Waals surface area contributed by atoms with Crippen LogP contribution in [0.25, 0.3) is 0 Å². The van der Waals surface area contributed by atoms with Crippen molar-refractivity contribution in [3.63, 3.8) is 0 Å². The van der Waals surface area contributed by atoms with Gasteiger partial charge in [-0.25, -0.2) is 0 Å². The summed E-state index contributed by atoms with van der Waals surface area (Å²) in [7, 11) is 0. The van der Waals surface area contributed by atoms with Crippen molar-refractivity contribution in [3.05, 3.63) is 57.9 Å². The molecule has 26 heavy (non-hydrogen) atoms. The zero-order valence-corrected chi connectivity index (χ0v) is 16.1. The molecule has 1 N–H and O–H groups in total. The van der Waals surface area contributed by atoms with E-state index in [-0.39, 0.29) is 11.7 Å². The van der Waals surface area contributed by atoms with E-state index in [4.69, 9.17) is 0 Å². The highest BCUT2D eigenvalue weighted by Gasteiger charge is 2.27. The highest BCUT2D eigenvalue weighted by Crippen LogP contribution is 2.21. The smallest absolute Gasteiger partial charge is 0.256 e. The van der Waals surface area contributed by atoms with Gasteiger partial charge in [0, 0.05) is 45.3 Å². The summed E-state index contributed by atoms with van der Waals surface area (Å²) >= 11 is 0. The predicted molar refractivity (Wildman–Crippen MR) is 103 cm³/mol. The van der Waals surface area contributed by atoms with E-state index in [0.29, 0.717) is 24.3 Å². The van der Waals surface area contributed by atoms with Crippen molar-refractivity contribution in [2.45, 2.75) is 34.2 Å². The van der Waals surface area contributed by atoms with E-state index in [1.54, 1.807) is 0 Å². The number of amides is 1. The van der Waals surface area contributed by atoms with Crippen LogP contribution in [0.15, 0.2) is 24.3 Å². The van der Waals surface area contributed by atoms with Gasteiger partial charge in [-0.3, -0.25) is 14.5 Å². The maximum Gasteiger partial charge on any atom is 0.256 e. The van der Waals surface area contributed by atoms with Gasteiger partial charge >= 0.3 is 0 Å². The van der Waals surface area contributed by atoms with Gasteiger partial charge in [-0.1, -0.05) is 29.8 Å². The highest BCUT2D eigenvalue weighted by molar-refractivity contribution is 6.02. The Morgan fingerprint density at radius 2 is 1.77 bits per heavy atom. The van der Waals surface area contributed by atoms with Gasteiger partial charge in [0.05, 0.1) is 11.3 Å². The number of aromatic nitrogens is 1. The normalized spacial score (nSPS) is 15.3. The lowest BCUT2D eigenvalue weighted by Crippen LogP contribution is -2.48. The lowest BCUT2D eigenvalue weighted by molar-refractivity contribution is 0.0627. The Morgan fingerprint density at radius 1 is 1.08 bits per heavy atom. The summed E-state index contributed by atoms with van der Waals surface area (Å²) in [5.74, 6) is -0.00780. The van der Waals surface area contributed by atoms with E-state index in [2.05, 4.69) is 41.1 Å². The van der Waals surface area contributed by atoms with Gasteiger partial charge in [-0.15, -0.1) is 0 Å². The molecule has 0 bridgehead atoms. The average molecular weight is 353 g/mol. The summed E-state index contributed by atoms with van der Waals surface area (Å²) in [4.78, 5) is 32.0. The number of carbonyl (C=O) groups excluding carboxylic acids is 2. The van der Waals surface area contributed by atoms with Gasteiger partial charge in [0.25, 0.3) is 5.91 Å². The second kappa shape index (κ2) is 7.46. The number of aryl methyl sites for hydroxylation is 2. The first-order chi connectivity index (χ1) is 12.4. The molecule has 0 spiro atoms. The minimum Gasteiger partial charge on any atom is -0.355 e. The first-order valence-electron chi connectivity index (χ1n) is 9.14. The fraction of sp³-hybridized carbons (Fsp3) is 0.429. The number of nitrogens with zero attached hydrogens (tertiary/aromatic N) is 2. The molecule has 138 valence electrons. The van der Waals surface area contributed by atoms with Crippen molar-refractivity contribution in [1.29, 1.82) is 0 Å². The summed E-state index contributed by atoms with van der Waals surface area (Å²) in [5.41, 5.74) is 5.33. The van der Waals surface area contributed by atoms with Crippen LogP contribution in [0.5, 0.6) is 0 Å². The van der Waals surface area contributed by atoms with Crippen LogP contribution in [0, 0.1) is 20.8 Å². The Balaban J connectivity index is 1.65. The van der Waals surface area contributed by atoms with Crippen LogP contribution in [-0.2, 0) is 6.54 Å². The third kappa shape index (κ3) is 3.73. The molecule has 1 fully saturated rings. The molecule has 1 aliphatic rings. The number of Topliss-reactive ketones (excluding diaryl/α,β-unsaturated/α-hetero) is 1. The number of nitrogens with one attached hydrogen (secondary N) is 1. The largest absolute Gasteiger partial charge is 0.355 e. The van der Waals surface area contributed by atoms with E-state index in [1.165, 1.54) is 18.1 Å². The molecule has 2 heterocycles. The summed E-state index contributed by atoms with van der Waals surface area (Å²) in [6.45, 7) is 11.4. The average Bonchev–Trinajstić information content (AvgIpc) is 2.90. The monoisotopic (exact) mass is 353 g/mol. The van der Waals surface area contributed by atoms with Crippen molar-refractivity contribution in [3.8, 4) is 0 Å². The topological polar surface area (TPSA) is 56.4 Å². The number of H-pyrrole nitrogens is 1. The van der Waals surface area contributed by atoms with Gasteiger partial charge in [0.15, 0.2) is 5.78 Å². The fourth-order valence-electron chi connectivity index (χ4n) is 3.76. The van der Waals surface area contributed by atoms with E-state index < -0.39 is 0 Å². The Labute approximate surface area is 155 Å². The van der Waals surface area contributed by atoms with E-state index in [1.807, 2.05) is 18.7 Å². The Hall–Kier alpha value is -2.40. The fourth-order valence-corrected chi connectivity index (χ4v) is 3.76. The molecular formula is C21H27N3O2. The molecule has 0 unspecified atom stereocenters. The van der Waals surface area contributed by atoms with Crippen LogP contribution in [0.4, 0.5) is 0 Å². The summed E-state index contributed by atoms with van der Waals surface area (Å²) < 4.78 is 0. The standard InChI is InChI=1S/C21H27N3O2/c1-14-6-5-7-18(12-14)13-23-8-10-24(11-9-23)21(26)19-15(2)20(17(4)25)22-16(19)3/h5-7,12,22H,8-11,13H2,1-4H3. The third-order valence-corrected chi connectivity index (χ3v) is 5.15. The highest BCUT2D eigenvalue weighted by atomic mass is 16.2. The van der Waals surface area contributed by atoms with Crippen LogP contribution in [-0.4, -0.2) is 52.7 Å². The number of ketones is 1. The van der Waals surface area contributed by atoms with Crippen molar-refractivity contribution in [2.75, 3.05) is 26.2 Å². The van der Waals surface area contributed by atoms with Gasteiger partial charge in [0.1, 0.15) is 0 Å². The molecule has 3 rings (SSSR count).